The minimum Gasteiger partial charge on any atom is -0.493 e. The highest BCUT2D eigenvalue weighted by Gasteiger charge is 2.23. The number of aliphatic hydroxyl groups excluding tert-OH is 2. The van der Waals surface area contributed by atoms with E-state index in [1.54, 1.807) is 20.4 Å². The maximum atomic E-state index is 10.0. The van der Waals surface area contributed by atoms with Gasteiger partial charge in [0.2, 0.25) is 5.52 Å². The molecular formula is C27H25N2O4+. The lowest BCUT2D eigenvalue weighted by Gasteiger charge is -2.17. The lowest BCUT2D eigenvalue weighted by atomic mass is 9.93. The summed E-state index contributed by atoms with van der Waals surface area (Å²) in [4.78, 5) is 4.31. The molecule has 5 rings (SSSR count). The van der Waals surface area contributed by atoms with Crippen molar-refractivity contribution < 1.29 is 24.3 Å². The van der Waals surface area contributed by atoms with E-state index in [-0.39, 0.29) is 13.2 Å². The molecule has 0 saturated carbocycles. The number of pyridine rings is 2. The molecule has 0 unspecified atom stereocenters. The molecule has 33 heavy (non-hydrogen) atoms. The lowest BCUT2D eigenvalue weighted by Crippen LogP contribution is -2.29. The highest BCUT2D eigenvalue weighted by molar-refractivity contribution is 6.17. The number of fused-ring (bicyclic) bond motifs is 5. The first-order valence-electron chi connectivity index (χ1n) is 10.7. The van der Waals surface area contributed by atoms with Gasteiger partial charge in [-0.3, -0.25) is 4.98 Å². The van der Waals surface area contributed by atoms with Gasteiger partial charge in [-0.2, -0.15) is 4.57 Å². The van der Waals surface area contributed by atoms with Crippen LogP contribution in [0.3, 0.4) is 0 Å². The van der Waals surface area contributed by atoms with Gasteiger partial charge in [0, 0.05) is 34.3 Å². The third-order valence-corrected chi connectivity index (χ3v) is 6.34. The molecule has 2 N–H and O–H groups in total. The second kappa shape index (κ2) is 8.31. The minimum absolute atomic E-state index is 0.114. The van der Waals surface area contributed by atoms with E-state index in [4.69, 9.17) is 9.47 Å². The number of methoxy groups -OCH3 is 2. The smallest absolute Gasteiger partial charge is 0.220 e. The molecule has 0 amide bonds. The molecule has 0 aliphatic heterocycles. The van der Waals surface area contributed by atoms with E-state index in [1.807, 2.05) is 49.8 Å². The van der Waals surface area contributed by atoms with E-state index in [1.165, 1.54) is 0 Å². The molecular weight excluding hydrogens is 416 g/mol. The van der Waals surface area contributed by atoms with Crippen LogP contribution in [0.2, 0.25) is 0 Å². The number of nitrogens with zero attached hydrogens (tertiary/aromatic N) is 2. The molecule has 2 aromatic heterocycles. The Morgan fingerprint density at radius 1 is 0.879 bits per heavy atom. The van der Waals surface area contributed by atoms with Crippen molar-refractivity contribution in [2.45, 2.75) is 13.2 Å². The Morgan fingerprint density at radius 2 is 1.67 bits per heavy atom. The van der Waals surface area contributed by atoms with Gasteiger partial charge in [0.25, 0.3) is 0 Å². The van der Waals surface area contributed by atoms with E-state index >= 15 is 0 Å². The molecule has 3 aromatic carbocycles. The van der Waals surface area contributed by atoms with E-state index < -0.39 is 0 Å². The molecule has 0 bridgehead atoms. The molecule has 5 aromatic rings. The third kappa shape index (κ3) is 3.18. The van der Waals surface area contributed by atoms with Gasteiger partial charge in [0.05, 0.1) is 43.6 Å². The van der Waals surface area contributed by atoms with Crippen LogP contribution < -0.4 is 14.0 Å². The predicted octanol–water partition coefficient (Wildman–Crippen LogP) is 4.03. The maximum Gasteiger partial charge on any atom is 0.220 e. The Bertz CT molecular complexity index is 1510. The van der Waals surface area contributed by atoms with Crippen molar-refractivity contribution in [2.24, 2.45) is 7.05 Å². The summed E-state index contributed by atoms with van der Waals surface area (Å²) in [7, 11) is 5.28. The Morgan fingerprint density at radius 3 is 2.33 bits per heavy atom. The van der Waals surface area contributed by atoms with Crippen LogP contribution in [0.25, 0.3) is 43.6 Å². The maximum absolute atomic E-state index is 10.0. The van der Waals surface area contributed by atoms with E-state index in [2.05, 4.69) is 21.7 Å². The van der Waals surface area contributed by atoms with Crippen molar-refractivity contribution in [1.82, 2.24) is 4.98 Å². The fourth-order valence-electron chi connectivity index (χ4n) is 4.85. The molecule has 6 nitrogen and oxygen atoms in total. The van der Waals surface area contributed by atoms with Crippen LogP contribution in [-0.2, 0) is 20.3 Å². The summed E-state index contributed by atoms with van der Waals surface area (Å²) in [5, 5.41) is 24.8. The molecule has 6 heteroatoms. The highest BCUT2D eigenvalue weighted by Crippen LogP contribution is 2.45. The van der Waals surface area contributed by atoms with Gasteiger partial charge >= 0.3 is 0 Å². The number of aliphatic hydroxyl groups is 2. The van der Waals surface area contributed by atoms with Crippen LogP contribution in [0, 0.1) is 0 Å². The van der Waals surface area contributed by atoms with Gasteiger partial charge in [-0.25, -0.2) is 0 Å². The average Bonchev–Trinajstić information content (AvgIpc) is 2.86. The minimum atomic E-state index is -0.136. The molecule has 166 valence electrons. The van der Waals surface area contributed by atoms with Crippen molar-refractivity contribution in [3.8, 4) is 22.6 Å². The topological polar surface area (TPSA) is 75.7 Å². The van der Waals surface area contributed by atoms with Crippen molar-refractivity contribution in [1.29, 1.82) is 0 Å². The number of benzene rings is 3. The molecule has 0 saturated heterocycles. The van der Waals surface area contributed by atoms with Crippen LogP contribution >= 0.6 is 0 Å². The molecule has 0 aliphatic rings. The van der Waals surface area contributed by atoms with Crippen LogP contribution in [0.15, 0.2) is 61.1 Å². The fraction of sp³-hybridized carbons (Fsp3) is 0.185. The zero-order valence-electron chi connectivity index (χ0n) is 18.8. The molecule has 0 radical (unpaired) electrons. The Balaban J connectivity index is 1.97. The first-order chi connectivity index (χ1) is 16.1. The summed E-state index contributed by atoms with van der Waals surface area (Å²) in [5.74, 6) is 1.30. The molecule has 2 heterocycles. The zero-order valence-corrected chi connectivity index (χ0v) is 18.8. The largest absolute Gasteiger partial charge is 0.493 e. The SMILES string of the molecule is COc1cc2c(ccc3c4ccc(CO)c(CO)c4c[n+](C)c23)c(-c2cccnc2)c1OC. The summed E-state index contributed by atoms with van der Waals surface area (Å²) in [6.45, 7) is -0.251. The second-order valence-corrected chi connectivity index (χ2v) is 8.01. The van der Waals surface area contributed by atoms with Gasteiger partial charge in [-0.05, 0) is 29.3 Å². The van der Waals surface area contributed by atoms with Crippen molar-refractivity contribution >= 4 is 32.4 Å². The Kier molecular flexibility index (Phi) is 5.32. The van der Waals surface area contributed by atoms with Gasteiger partial charge in [0.1, 0.15) is 7.05 Å². The summed E-state index contributed by atoms with van der Waals surface area (Å²) in [6.07, 6.45) is 5.59. The predicted molar refractivity (Wildman–Crippen MR) is 128 cm³/mol. The number of ether oxygens (including phenoxy) is 2. The standard InChI is InChI=1S/C27H25N2O4/c1-29-13-22-18(7-6-17(14-30)23(22)15-31)20-9-8-19-21(26(20)29)11-24(32-2)27(33-3)25(19)16-5-4-10-28-12-16/h4-13,30-31H,14-15H2,1-3H3/q+1. The van der Waals surface area contributed by atoms with E-state index in [0.29, 0.717) is 11.5 Å². The van der Waals surface area contributed by atoms with Gasteiger partial charge in [-0.1, -0.05) is 24.3 Å². The summed E-state index contributed by atoms with van der Waals surface area (Å²) in [5.41, 5.74) is 4.38. The number of hydrogen-bond donors (Lipinski definition) is 2. The van der Waals surface area contributed by atoms with Crippen LogP contribution in [0.1, 0.15) is 11.1 Å². The first kappa shape index (κ1) is 21.1. The quantitative estimate of drug-likeness (QED) is 0.318. The monoisotopic (exact) mass is 441 g/mol. The van der Waals surface area contributed by atoms with Crippen molar-refractivity contribution in [2.75, 3.05) is 14.2 Å². The molecule has 0 fully saturated rings. The Labute approximate surface area is 191 Å². The third-order valence-electron chi connectivity index (χ3n) is 6.34. The zero-order chi connectivity index (χ0) is 23.1. The number of hydrogen-bond acceptors (Lipinski definition) is 5. The summed E-state index contributed by atoms with van der Waals surface area (Å²) < 4.78 is 13.6. The average molecular weight is 442 g/mol. The molecule has 0 spiro atoms. The van der Waals surface area contributed by atoms with Gasteiger partial charge < -0.3 is 19.7 Å². The number of aryl methyl sites for hydroxylation is 1. The van der Waals surface area contributed by atoms with E-state index in [9.17, 15) is 10.2 Å². The molecule has 0 aliphatic carbocycles. The van der Waals surface area contributed by atoms with E-state index in [0.717, 1.165) is 54.7 Å². The first-order valence-corrected chi connectivity index (χ1v) is 10.7. The number of rotatable bonds is 5. The number of aromatic nitrogens is 2. The van der Waals surface area contributed by atoms with Gasteiger partial charge in [-0.15, -0.1) is 0 Å². The Hall–Kier alpha value is -3.74. The van der Waals surface area contributed by atoms with Crippen LogP contribution in [0.5, 0.6) is 11.5 Å². The summed E-state index contributed by atoms with van der Waals surface area (Å²) >= 11 is 0. The highest BCUT2D eigenvalue weighted by atomic mass is 16.5. The fourth-order valence-corrected chi connectivity index (χ4v) is 4.85. The van der Waals surface area contributed by atoms with Gasteiger partial charge in [0.15, 0.2) is 17.7 Å². The van der Waals surface area contributed by atoms with Crippen LogP contribution in [-0.4, -0.2) is 29.4 Å². The summed E-state index contributed by atoms with van der Waals surface area (Å²) in [6, 6.07) is 14.0. The normalized spacial score (nSPS) is 11.4. The van der Waals surface area contributed by atoms with Crippen LogP contribution in [0.4, 0.5) is 0 Å². The van der Waals surface area contributed by atoms with Crippen molar-refractivity contribution in [3.63, 3.8) is 0 Å². The molecule has 0 atom stereocenters. The lowest BCUT2D eigenvalue weighted by molar-refractivity contribution is -0.642. The van der Waals surface area contributed by atoms with Crippen molar-refractivity contribution in [3.05, 3.63) is 72.2 Å². The second-order valence-electron chi connectivity index (χ2n) is 8.01.